The summed E-state index contributed by atoms with van der Waals surface area (Å²) in [5.74, 6) is 0.868. The van der Waals surface area contributed by atoms with Crippen molar-refractivity contribution in [1.29, 1.82) is 0 Å². The second kappa shape index (κ2) is 9.93. The molecule has 26 heavy (non-hydrogen) atoms. The summed E-state index contributed by atoms with van der Waals surface area (Å²) in [5.41, 5.74) is 2.21. The van der Waals surface area contributed by atoms with Gasteiger partial charge in [0.05, 0.1) is 6.54 Å². The van der Waals surface area contributed by atoms with Crippen molar-refractivity contribution in [3.05, 3.63) is 29.8 Å². The van der Waals surface area contributed by atoms with E-state index in [1.807, 2.05) is 23.1 Å². The van der Waals surface area contributed by atoms with Crippen LogP contribution in [-0.4, -0.2) is 38.0 Å². The van der Waals surface area contributed by atoms with Crippen molar-refractivity contribution < 1.29 is 9.59 Å². The predicted molar refractivity (Wildman–Crippen MR) is 107 cm³/mol. The lowest BCUT2D eigenvalue weighted by Gasteiger charge is -2.30. The van der Waals surface area contributed by atoms with Crippen molar-refractivity contribution in [2.75, 3.05) is 31.1 Å². The third kappa shape index (κ3) is 5.21. The highest BCUT2D eigenvalue weighted by molar-refractivity contribution is 5.97. The van der Waals surface area contributed by atoms with E-state index in [2.05, 4.69) is 23.6 Å². The number of para-hydroxylation sites is 1. The average molecular weight is 380 g/mol. The van der Waals surface area contributed by atoms with Gasteiger partial charge in [-0.3, -0.25) is 9.59 Å². The molecule has 144 valence electrons. The third-order valence-corrected chi connectivity index (χ3v) is 5.50. The first kappa shape index (κ1) is 20.7. The van der Waals surface area contributed by atoms with Crippen LogP contribution in [0.4, 0.5) is 5.69 Å². The molecule has 2 N–H and O–H groups in total. The Bertz CT molecular complexity index is 617. The molecule has 2 aliphatic rings. The molecule has 0 radical (unpaired) electrons. The fourth-order valence-electron chi connectivity index (χ4n) is 3.96. The number of hydrogen-bond acceptors (Lipinski definition) is 3. The topological polar surface area (TPSA) is 61.4 Å². The molecule has 1 aromatic rings. The summed E-state index contributed by atoms with van der Waals surface area (Å²) in [7, 11) is 0. The minimum atomic E-state index is -0.0208. The number of carbonyl (C=O) groups excluding carboxylic acids is 2. The fourth-order valence-corrected chi connectivity index (χ4v) is 3.96. The van der Waals surface area contributed by atoms with Gasteiger partial charge in [-0.25, -0.2) is 0 Å². The highest BCUT2D eigenvalue weighted by atomic mass is 35.5. The quantitative estimate of drug-likeness (QED) is 0.826. The Kier molecular flexibility index (Phi) is 7.91. The fraction of sp³-hybridized carbons (Fsp3) is 0.600. The number of fused-ring (bicyclic) bond motifs is 1. The van der Waals surface area contributed by atoms with Gasteiger partial charge in [0.1, 0.15) is 0 Å². The maximum absolute atomic E-state index is 12.6. The molecule has 2 unspecified atom stereocenters. The zero-order valence-corrected chi connectivity index (χ0v) is 16.3. The first-order valence-electron chi connectivity index (χ1n) is 9.51. The summed E-state index contributed by atoms with van der Waals surface area (Å²) in [6.07, 6.45) is 4.85. The van der Waals surface area contributed by atoms with Crippen molar-refractivity contribution in [2.24, 2.45) is 11.8 Å². The summed E-state index contributed by atoms with van der Waals surface area (Å²) < 4.78 is 0. The van der Waals surface area contributed by atoms with Crippen LogP contribution in [0.1, 0.15) is 38.2 Å². The minimum Gasteiger partial charge on any atom is -0.347 e. The van der Waals surface area contributed by atoms with Crippen molar-refractivity contribution in [3.63, 3.8) is 0 Å². The number of halogens is 1. The van der Waals surface area contributed by atoms with Crippen LogP contribution in [0.15, 0.2) is 24.3 Å². The second-order valence-corrected chi connectivity index (χ2v) is 7.34. The molecule has 2 amide bonds. The van der Waals surface area contributed by atoms with Gasteiger partial charge in [-0.05, 0) is 62.2 Å². The summed E-state index contributed by atoms with van der Waals surface area (Å²) >= 11 is 0. The number of rotatable bonds is 5. The second-order valence-electron chi connectivity index (χ2n) is 7.34. The number of benzene rings is 1. The summed E-state index contributed by atoms with van der Waals surface area (Å²) in [5, 5.41) is 6.23. The molecule has 3 rings (SSSR count). The number of aryl methyl sites for hydroxylation is 1. The Morgan fingerprint density at radius 3 is 2.88 bits per heavy atom. The number of nitrogens with one attached hydrogen (secondary N) is 2. The number of amides is 2. The van der Waals surface area contributed by atoms with Crippen LogP contribution in [0.2, 0.25) is 0 Å². The molecule has 0 saturated carbocycles. The van der Waals surface area contributed by atoms with E-state index in [1.54, 1.807) is 0 Å². The Morgan fingerprint density at radius 1 is 1.31 bits per heavy atom. The van der Waals surface area contributed by atoms with E-state index >= 15 is 0 Å². The predicted octanol–water partition coefficient (Wildman–Crippen LogP) is 2.53. The minimum absolute atomic E-state index is 0. The Morgan fingerprint density at radius 2 is 2.12 bits per heavy atom. The molecular formula is C20H30ClN3O2. The maximum atomic E-state index is 12.6. The van der Waals surface area contributed by atoms with Crippen LogP contribution >= 0.6 is 12.4 Å². The van der Waals surface area contributed by atoms with E-state index in [-0.39, 0.29) is 30.8 Å². The van der Waals surface area contributed by atoms with Crippen LogP contribution < -0.4 is 15.5 Å². The summed E-state index contributed by atoms with van der Waals surface area (Å²) in [4.78, 5) is 26.6. The molecule has 0 aromatic heterocycles. The van der Waals surface area contributed by atoms with Gasteiger partial charge in [0.25, 0.3) is 0 Å². The SMILES string of the molecule is CC(CC(=O)NCC(=O)N1CCCc2ccccc21)C1CCCNC1.Cl. The van der Waals surface area contributed by atoms with E-state index in [9.17, 15) is 9.59 Å². The standard InChI is InChI=1S/C20H29N3O2.ClH/c1-15(17-7-4-10-21-13-17)12-19(24)22-14-20(25)23-11-5-8-16-6-2-3-9-18(16)23;/h2-3,6,9,15,17,21H,4-5,7-8,10-14H2,1H3,(H,22,24);1H. The normalized spacial score (nSPS) is 20.5. The Hall–Kier alpha value is -1.59. The van der Waals surface area contributed by atoms with Gasteiger partial charge in [0.15, 0.2) is 0 Å². The largest absolute Gasteiger partial charge is 0.347 e. The van der Waals surface area contributed by atoms with E-state index in [0.29, 0.717) is 18.3 Å². The molecule has 1 saturated heterocycles. The number of piperidine rings is 1. The first-order valence-corrected chi connectivity index (χ1v) is 9.51. The summed E-state index contributed by atoms with van der Waals surface area (Å²) in [6, 6.07) is 8.04. The lowest BCUT2D eigenvalue weighted by atomic mass is 9.85. The third-order valence-electron chi connectivity index (χ3n) is 5.50. The highest BCUT2D eigenvalue weighted by Crippen LogP contribution is 2.26. The smallest absolute Gasteiger partial charge is 0.246 e. The van der Waals surface area contributed by atoms with Gasteiger partial charge in [0.2, 0.25) is 11.8 Å². The molecule has 1 fully saturated rings. The number of hydrogen-bond donors (Lipinski definition) is 2. The van der Waals surface area contributed by atoms with E-state index in [1.165, 1.54) is 18.4 Å². The monoisotopic (exact) mass is 379 g/mol. The van der Waals surface area contributed by atoms with Crippen molar-refractivity contribution in [3.8, 4) is 0 Å². The van der Waals surface area contributed by atoms with Gasteiger partial charge in [-0.2, -0.15) is 0 Å². The zero-order valence-electron chi connectivity index (χ0n) is 15.5. The van der Waals surface area contributed by atoms with Gasteiger partial charge in [-0.1, -0.05) is 25.1 Å². The summed E-state index contributed by atoms with van der Waals surface area (Å²) in [6.45, 7) is 5.04. The maximum Gasteiger partial charge on any atom is 0.246 e. The number of nitrogens with zero attached hydrogens (tertiary/aromatic N) is 1. The molecule has 1 aromatic carbocycles. The van der Waals surface area contributed by atoms with Gasteiger partial charge in [0, 0.05) is 18.7 Å². The van der Waals surface area contributed by atoms with Crippen LogP contribution in [-0.2, 0) is 16.0 Å². The zero-order chi connectivity index (χ0) is 17.6. The van der Waals surface area contributed by atoms with Crippen LogP contribution in [0.3, 0.4) is 0 Å². The van der Waals surface area contributed by atoms with E-state index < -0.39 is 0 Å². The number of carbonyl (C=O) groups is 2. The molecule has 2 aliphatic heterocycles. The molecule has 0 bridgehead atoms. The molecule has 0 aliphatic carbocycles. The molecule has 2 heterocycles. The van der Waals surface area contributed by atoms with Crippen molar-refractivity contribution in [1.82, 2.24) is 10.6 Å². The van der Waals surface area contributed by atoms with Crippen LogP contribution in [0.25, 0.3) is 0 Å². The van der Waals surface area contributed by atoms with Crippen molar-refractivity contribution >= 4 is 29.9 Å². The molecule has 0 spiro atoms. The Balaban J connectivity index is 0.00000243. The Labute approximate surface area is 162 Å². The van der Waals surface area contributed by atoms with E-state index in [4.69, 9.17) is 0 Å². The van der Waals surface area contributed by atoms with Crippen LogP contribution in [0, 0.1) is 11.8 Å². The van der Waals surface area contributed by atoms with Gasteiger partial charge >= 0.3 is 0 Å². The molecule has 2 atom stereocenters. The molecular weight excluding hydrogens is 350 g/mol. The van der Waals surface area contributed by atoms with Crippen molar-refractivity contribution in [2.45, 2.75) is 39.0 Å². The first-order chi connectivity index (χ1) is 12.1. The lowest BCUT2D eigenvalue weighted by molar-refractivity contribution is -0.125. The molecule has 5 nitrogen and oxygen atoms in total. The van der Waals surface area contributed by atoms with E-state index in [0.717, 1.165) is 38.2 Å². The number of anilines is 1. The average Bonchev–Trinajstić information content (AvgIpc) is 2.66. The van der Waals surface area contributed by atoms with Gasteiger partial charge < -0.3 is 15.5 Å². The molecule has 6 heteroatoms. The highest BCUT2D eigenvalue weighted by Gasteiger charge is 2.24. The lowest BCUT2D eigenvalue weighted by Crippen LogP contribution is -2.43. The van der Waals surface area contributed by atoms with Gasteiger partial charge in [-0.15, -0.1) is 12.4 Å². The van der Waals surface area contributed by atoms with Crippen LogP contribution in [0.5, 0.6) is 0 Å².